The molecule has 4 rings (SSSR count). The molecule has 2 aliphatic heterocycles. The number of carbonyl (C=O) groups is 1. The van der Waals surface area contributed by atoms with E-state index in [0.29, 0.717) is 0 Å². The van der Waals surface area contributed by atoms with Gasteiger partial charge in [0.2, 0.25) is 0 Å². The Morgan fingerprint density at radius 3 is 3.00 bits per heavy atom. The predicted octanol–water partition coefficient (Wildman–Crippen LogP) is 2.81. The number of ether oxygens (including phenoxy) is 1. The van der Waals surface area contributed by atoms with Crippen molar-refractivity contribution in [3.05, 3.63) is 47.2 Å². The second-order valence-corrected chi connectivity index (χ2v) is 7.32. The molecule has 3 heterocycles. The van der Waals surface area contributed by atoms with Gasteiger partial charge in [-0.05, 0) is 37.3 Å². The Morgan fingerprint density at radius 2 is 2.27 bits per heavy atom. The molecule has 1 saturated heterocycles. The number of carbonyl (C=O) groups excluding carboxylic acids is 1. The number of aromatic amines is 1. The second-order valence-electron chi connectivity index (χ2n) is 7.32. The number of nitrogens with one attached hydrogen (secondary N) is 1. The molecular formula is C21H26N2O3. The number of methoxy groups -OCH3 is 1. The van der Waals surface area contributed by atoms with E-state index in [9.17, 15) is 9.90 Å². The number of allylic oxidation sites excluding steroid dienone is 1. The highest BCUT2D eigenvalue weighted by molar-refractivity contribution is 5.85. The molecule has 1 aromatic carbocycles. The average molecular weight is 354 g/mol. The lowest BCUT2D eigenvalue weighted by atomic mass is 9.75. The van der Waals surface area contributed by atoms with Crippen LogP contribution in [-0.4, -0.2) is 47.8 Å². The molecule has 0 radical (unpaired) electrons. The van der Waals surface area contributed by atoms with Crippen molar-refractivity contribution in [1.29, 1.82) is 0 Å². The number of para-hydroxylation sites is 1. The van der Waals surface area contributed by atoms with E-state index < -0.39 is 5.92 Å². The predicted molar refractivity (Wildman–Crippen MR) is 101 cm³/mol. The Labute approximate surface area is 153 Å². The van der Waals surface area contributed by atoms with E-state index in [1.54, 1.807) is 0 Å². The topological polar surface area (TPSA) is 65.6 Å². The van der Waals surface area contributed by atoms with Crippen LogP contribution < -0.4 is 0 Å². The van der Waals surface area contributed by atoms with Crippen LogP contribution in [0.1, 0.15) is 30.6 Å². The maximum Gasteiger partial charge on any atom is 0.311 e. The number of rotatable bonds is 3. The van der Waals surface area contributed by atoms with Crippen LogP contribution in [0, 0.1) is 11.8 Å². The first-order valence-electron chi connectivity index (χ1n) is 9.35. The van der Waals surface area contributed by atoms with Crippen LogP contribution in [0.15, 0.2) is 35.9 Å². The fraction of sp³-hybridized carbons (Fsp3) is 0.476. The number of hydrogen-bond donors (Lipinski definition) is 2. The van der Waals surface area contributed by atoms with E-state index in [1.165, 1.54) is 34.8 Å². The Morgan fingerprint density at radius 1 is 1.46 bits per heavy atom. The van der Waals surface area contributed by atoms with Crippen molar-refractivity contribution >= 4 is 16.9 Å². The zero-order chi connectivity index (χ0) is 18.3. The first-order valence-corrected chi connectivity index (χ1v) is 9.35. The summed E-state index contributed by atoms with van der Waals surface area (Å²) in [5.41, 5.74) is 5.09. The van der Waals surface area contributed by atoms with E-state index in [0.717, 1.165) is 25.9 Å². The summed E-state index contributed by atoms with van der Waals surface area (Å²) in [5, 5.41) is 11.2. The summed E-state index contributed by atoms with van der Waals surface area (Å²) in [7, 11) is 1.39. The molecule has 1 fully saturated rings. The van der Waals surface area contributed by atoms with E-state index in [4.69, 9.17) is 4.74 Å². The number of benzene rings is 1. The summed E-state index contributed by atoms with van der Waals surface area (Å²) in [4.78, 5) is 18.3. The second kappa shape index (κ2) is 6.89. The molecule has 26 heavy (non-hydrogen) atoms. The smallest absolute Gasteiger partial charge is 0.311 e. The molecular weight excluding hydrogens is 328 g/mol. The summed E-state index contributed by atoms with van der Waals surface area (Å²) >= 11 is 0. The molecule has 3 atom stereocenters. The zero-order valence-corrected chi connectivity index (χ0v) is 15.4. The van der Waals surface area contributed by atoms with Crippen LogP contribution in [0.2, 0.25) is 0 Å². The summed E-state index contributed by atoms with van der Waals surface area (Å²) in [6.45, 7) is 3.70. The van der Waals surface area contributed by atoms with Gasteiger partial charge < -0.3 is 14.8 Å². The maximum atomic E-state index is 12.2. The van der Waals surface area contributed by atoms with E-state index in [2.05, 4.69) is 40.2 Å². The van der Waals surface area contributed by atoms with Crippen molar-refractivity contribution in [2.24, 2.45) is 11.8 Å². The number of aliphatic hydroxyl groups excluding tert-OH is 1. The fourth-order valence-corrected chi connectivity index (χ4v) is 4.81. The van der Waals surface area contributed by atoms with Crippen molar-refractivity contribution in [3.8, 4) is 0 Å². The molecule has 5 heteroatoms. The van der Waals surface area contributed by atoms with Crippen molar-refractivity contribution in [3.63, 3.8) is 0 Å². The number of hydrogen-bond acceptors (Lipinski definition) is 4. The Balaban J connectivity index is 1.73. The van der Waals surface area contributed by atoms with Gasteiger partial charge in [0.05, 0.1) is 25.7 Å². The summed E-state index contributed by atoms with van der Waals surface area (Å²) in [5.74, 6) is -0.808. The van der Waals surface area contributed by atoms with Gasteiger partial charge in [0.1, 0.15) is 0 Å². The Hall–Kier alpha value is -2.11. The lowest BCUT2D eigenvalue weighted by Crippen LogP contribution is -2.45. The van der Waals surface area contributed by atoms with Gasteiger partial charge in [0.15, 0.2) is 0 Å². The lowest BCUT2D eigenvalue weighted by molar-refractivity contribution is -0.149. The number of H-pyrrole nitrogens is 1. The zero-order valence-electron chi connectivity index (χ0n) is 15.4. The Kier molecular flexibility index (Phi) is 4.59. The highest BCUT2D eigenvalue weighted by Gasteiger charge is 2.42. The SMILES string of the molecule is C/C=C1\CN2CCc3c([nH]c4ccccc34)C2CC1C(CO)C(=O)OC. The standard InChI is InChI=1S/C21H26N2O3/c1-3-13-11-23-9-8-15-14-6-4-5-7-18(14)22-20(15)19(23)10-16(13)17(12-24)21(25)26-2/h3-7,16-17,19,22,24H,8-12H2,1-2H3/b13-3+. The third kappa shape index (κ3) is 2.66. The summed E-state index contributed by atoms with van der Waals surface area (Å²) < 4.78 is 4.96. The number of fused-ring (bicyclic) bond motifs is 5. The first-order chi connectivity index (χ1) is 12.7. The minimum absolute atomic E-state index is 0.0102. The molecule has 2 N–H and O–H groups in total. The number of aliphatic hydroxyl groups is 1. The normalized spacial score (nSPS) is 25.7. The number of aromatic nitrogens is 1. The lowest BCUT2D eigenvalue weighted by Gasteiger charge is -2.45. The molecule has 0 amide bonds. The van der Waals surface area contributed by atoms with Gasteiger partial charge in [-0.2, -0.15) is 0 Å². The fourth-order valence-electron chi connectivity index (χ4n) is 4.81. The number of esters is 1. The maximum absolute atomic E-state index is 12.2. The van der Waals surface area contributed by atoms with E-state index >= 15 is 0 Å². The minimum Gasteiger partial charge on any atom is -0.469 e. The van der Waals surface area contributed by atoms with Gasteiger partial charge in [0.25, 0.3) is 0 Å². The Bertz CT molecular complexity index is 854. The minimum atomic E-state index is -0.497. The highest BCUT2D eigenvalue weighted by Crippen LogP contribution is 2.44. The number of piperidine rings is 1. The van der Waals surface area contributed by atoms with Crippen molar-refractivity contribution in [2.75, 3.05) is 26.8 Å². The molecule has 2 aliphatic rings. The third-order valence-electron chi connectivity index (χ3n) is 6.17. The summed E-state index contributed by atoms with van der Waals surface area (Å²) in [6.07, 6.45) is 3.96. The van der Waals surface area contributed by atoms with Crippen LogP contribution in [0.5, 0.6) is 0 Å². The number of nitrogens with zero attached hydrogens (tertiary/aromatic N) is 1. The van der Waals surface area contributed by atoms with Crippen molar-refractivity contribution in [1.82, 2.24) is 9.88 Å². The largest absolute Gasteiger partial charge is 0.469 e. The van der Waals surface area contributed by atoms with Gasteiger partial charge in [-0.1, -0.05) is 29.8 Å². The molecule has 0 bridgehead atoms. The van der Waals surface area contributed by atoms with Gasteiger partial charge in [0, 0.05) is 29.7 Å². The molecule has 3 unspecified atom stereocenters. The van der Waals surface area contributed by atoms with Gasteiger partial charge in [-0.15, -0.1) is 0 Å². The highest BCUT2D eigenvalue weighted by atomic mass is 16.5. The van der Waals surface area contributed by atoms with Gasteiger partial charge >= 0.3 is 5.97 Å². The average Bonchev–Trinajstić information content (AvgIpc) is 3.07. The van der Waals surface area contributed by atoms with Crippen LogP contribution in [0.4, 0.5) is 0 Å². The molecule has 0 aliphatic carbocycles. The van der Waals surface area contributed by atoms with E-state index in [1.807, 2.05) is 6.92 Å². The first kappa shape index (κ1) is 17.3. The van der Waals surface area contributed by atoms with E-state index in [-0.39, 0.29) is 24.5 Å². The summed E-state index contributed by atoms with van der Waals surface area (Å²) in [6, 6.07) is 8.70. The van der Waals surface area contributed by atoms with Crippen LogP contribution >= 0.6 is 0 Å². The quantitative estimate of drug-likeness (QED) is 0.657. The van der Waals surface area contributed by atoms with Crippen molar-refractivity contribution < 1.29 is 14.6 Å². The third-order valence-corrected chi connectivity index (χ3v) is 6.17. The van der Waals surface area contributed by atoms with Crippen molar-refractivity contribution in [2.45, 2.75) is 25.8 Å². The molecule has 5 nitrogen and oxygen atoms in total. The monoisotopic (exact) mass is 354 g/mol. The molecule has 0 spiro atoms. The van der Waals surface area contributed by atoms with Crippen LogP contribution in [0.3, 0.4) is 0 Å². The molecule has 2 aromatic rings. The molecule has 1 aromatic heterocycles. The van der Waals surface area contributed by atoms with Crippen LogP contribution in [0.25, 0.3) is 10.9 Å². The van der Waals surface area contributed by atoms with Gasteiger partial charge in [-0.25, -0.2) is 0 Å². The van der Waals surface area contributed by atoms with Gasteiger partial charge in [-0.3, -0.25) is 9.69 Å². The molecule has 0 saturated carbocycles. The molecule has 138 valence electrons. The van der Waals surface area contributed by atoms with Crippen LogP contribution in [-0.2, 0) is 16.0 Å².